The van der Waals surface area contributed by atoms with Crippen molar-refractivity contribution in [3.8, 4) is 0 Å². The highest BCUT2D eigenvalue weighted by atomic mass is 16.5. The molecule has 2 unspecified atom stereocenters. The molecule has 2 aliphatic rings. The van der Waals surface area contributed by atoms with Crippen LogP contribution in [0.25, 0.3) is 0 Å². The second kappa shape index (κ2) is 7.25. The standard InChI is InChI=1S/C15H28N2O2/c1-12-4-3-9-17(10-7-12)11-8-14(15(18)19-2)16-13-5-6-13/h12-14,16H,3-11H2,1-2H3. The number of methoxy groups -OCH3 is 1. The molecule has 2 fully saturated rings. The van der Waals surface area contributed by atoms with Gasteiger partial charge in [-0.3, -0.25) is 4.79 Å². The molecule has 0 aromatic carbocycles. The molecule has 0 radical (unpaired) electrons. The van der Waals surface area contributed by atoms with E-state index in [2.05, 4.69) is 17.1 Å². The lowest BCUT2D eigenvalue weighted by atomic mass is 10.0. The average Bonchev–Trinajstić information content (AvgIpc) is 3.22. The summed E-state index contributed by atoms with van der Waals surface area (Å²) in [6.07, 6.45) is 7.21. The first-order chi connectivity index (χ1) is 9.19. The van der Waals surface area contributed by atoms with Crippen LogP contribution in [0.4, 0.5) is 0 Å². The fraction of sp³-hybridized carbons (Fsp3) is 0.933. The molecular formula is C15H28N2O2. The highest BCUT2D eigenvalue weighted by Crippen LogP contribution is 2.21. The third kappa shape index (κ3) is 5.11. The molecular weight excluding hydrogens is 240 g/mol. The van der Waals surface area contributed by atoms with Crippen LogP contribution in [0.3, 0.4) is 0 Å². The molecule has 2 rings (SSSR count). The number of ether oxygens (including phenoxy) is 1. The molecule has 2 atom stereocenters. The van der Waals surface area contributed by atoms with Crippen LogP contribution < -0.4 is 5.32 Å². The number of carbonyl (C=O) groups excluding carboxylic acids is 1. The monoisotopic (exact) mass is 268 g/mol. The summed E-state index contributed by atoms with van der Waals surface area (Å²) in [4.78, 5) is 14.3. The van der Waals surface area contributed by atoms with Gasteiger partial charge in [-0.1, -0.05) is 6.92 Å². The number of hydrogen-bond donors (Lipinski definition) is 1. The van der Waals surface area contributed by atoms with E-state index in [0.29, 0.717) is 6.04 Å². The summed E-state index contributed by atoms with van der Waals surface area (Å²) in [5.41, 5.74) is 0. The van der Waals surface area contributed by atoms with Crippen LogP contribution in [0.1, 0.15) is 45.4 Å². The first-order valence-electron chi connectivity index (χ1n) is 7.75. The highest BCUT2D eigenvalue weighted by Gasteiger charge is 2.29. The van der Waals surface area contributed by atoms with E-state index < -0.39 is 0 Å². The van der Waals surface area contributed by atoms with E-state index >= 15 is 0 Å². The molecule has 1 aliphatic heterocycles. The molecule has 1 heterocycles. The van der Waals surface area contributed by atoms with Crippen molar-refractivity contribution in [1.82, 2.24) is 10.2 Å². The van der Waals surface area contributed by atoms with Gasteiger partial charge in [0, 0.05) is 12.6 Å². The van der Waals surface area contributed by atoms with Crippen molar-refractivity contribution in [3.63, 3.8) is 0 Å². The number of nitrogens with zero attached hydrogens (tertiary/aromatic N) is 1. The van der Waals surface area contributed by atoms with Crippen LogP contribution in [-0.4, -0.2) is 49.7 Å². The Bertz CT molecular complexity index is 292. The summed E-state index contributed by atoms with van der Waals surface area (Å²) >= 11 is 0. The molecule has 1 N–H and O–H groups in total. The SMILES string of the molecule is COC(=O)C(CCN1CCCC(C)CC1)NC1CC1. The van der Waals surface area contributed by atoms with E-state index in [-0.39, 0.29) is 12.0 Å². The number of hydrogen-bond acceptors (Lipinski definition) is 4. The third-order valence-electron chi connectivity index (χ3n) is 4.34. The number of esters is 1. The summed E-state index contributed by atoms with van der Waals surface area (Å²) in [6, 6.07) is 0.437. The lowest BCUT2D eigenvalue weighted by Crippen LogP contribution is -2.42. The Morgan fingerprint density at radius 3 is 2.79 bits per heavy atom. The molecule has 0 spiro atoms. The number of rotatable bonds is 6. The van der Waals surface area contributed by atoms with E-state index in [1.54, 1.807) is 0 Å². The van der Waals surface area contributed by atoms with Gasteiger partial charge in [-0.15, -0.1) is 0 Å². The van der Waals surface area contributed by atoms with E-state index in [0.717, 1.165) is 18.9 Å². The van der Waals surface area contributed by atoms with Crippen LogP contribution in [0.5, 0.6) is 0 Å². The van der Waals surface area contributed by atoms with Crippen molar-refractivity contribution in [2.45, 2.75) is 57.5 Å². The van der Waals surface area contributed by atoms with Crippen LogP contribution in [-0.2, 0) is 9.53 Å². The minimum atomic E-state index is -0.113. The smallest absolute Gasteiger partial charge is 0.322 e. The first-order valence-corrected chi connectivity index (χ1v) is 7.75. The third-order valence-corrected chi connectivity index (χ3v) is 4.34. The molecule has 0 aromatic rings. The fourth-order valence-corrected chi connectivity index (χ4v) is 2.80. The predicted molar refractivity (Wildman–Crippen MR) is 76.0 cm³/mol. The summed E-state index contributed by atoms with van der Waals surface area (Å²) < 4.78 is 4.90. The van der Waals surface area contributed by atoms with Gasteiger partial charge < -0.3 is 15.0 Å². The van der Waals surface area contributed by atoms with Gasteiger partial charge in [0.25, 0.3) is 0 Å². The Labute approximate surface area is 116 Å². The first kappa shape index (κ1) is 14.8. The summed E-state index contributed by atoms with van der Waals surface area (Å²) in [6.45, 7) is 5.71. The summed E-state index contributed by atoms with van der Waals surface area (Å²) in [5, 5.41) is 3.40. The van der Waals surface area contributed by atoms with Gasteiger partial charge in [0.2, 0.25) is 0 Å². The van der Waals surface area contributed by atoms with E-state index in [1.165, 1.54) is 52.3 Å². The normalized spacial score (nSPS) is 26.7. The van der Waals surface area contributed by atoms with Crippen molar-refractivity contribution in [2.24, 2.45) is 5.92 Å². The largest absolute Gasteiger partial charge is 0.468 e. The second-order valence-corrected chi connectivity index (χ2v) is 6.18. The van der Waals surface area contributed by atoms with Gasteiger partial charge in [0.15, 0.2) is 0 Å². The zero-order valence-electron chi connectivity index (χ0n) is 12.4. The maximum Gasteiger partial charge on any atom is 0.322 e. The van der Waals surface area contributed by atoms with Crippen LogP contribution in [0, 0.1) is 5.92 Å². The molecule has 1 saturated heterocycles. The Balaban J connectivity index is 1.75. The van der Waals surface area contributed by atoms with Gasteiger partial charge >= 0.3 is 5.97 Å². The zero-order chi connectivity index (χ0) is 13.7. The minimum Gasteiger partial charge on any atom is -0.468 e. The molecule has 0 bridgehead atoms. The van der Waals surface area contributed by atoms with Crippen LogP contribution >= 0.6 is 0 Å². The fourth-order valence-electron chi connectivity index (χ4n) is 2.80. The predicted octanol–water partition coefficient (Wildman–Crippen LogP) is 1.79. The van der Waals surface area contributed by atoms with Crippen LogP contribution in [0.2, 0.25) is 0 Å². The maximum atomic E-state index is 11.8. The summed E-state index contributed by atoms with van der Waals surface area (Å²) in [5.74, 6) is 0.751. The zero-order valence-corrected chi connectivity index (χ0v) is 12.4. The van der Waals surface area contributed by atoms with Gasteiger partial charge in [-0.2, -0.15) is 0 Å². The summed E-state index contributed by atoms with van der Waals surface area (Å²) in [7, 11) is 1.48. The number of carbonyl (C=O) groups is 1. The van der Waals surface area contributed by atoms with Gasteiger partial charge in [0.1, 0.15) is 6.04 Å². The molecule has 1 saturated carbocycles. The molecule has 0 aromatic heterocycles. The molecule has 1 aliphatic carbocycles. The maximum absolute atomic E-state index is 11.8. The van der Waals surface area contributed by atoms with E-state index in [1.807, 2.05) is 0 Å². The van der Waals surface area contributed by atoms with Crippen molar-refractivity contribution in [3.05, 3.63) is 0 Å². The molecule has 110 valence electrons. The molecule has 4 nitrogen and oxygen atoms in total. The lowest BCUT2D eigenvalue weighted by Gasteiger charge is -2.23. The van der Waals surface area contributed by atoms with E-state index in [9.17, 15) is 4.79 Å². The average molecular weight is 268 g/mol. The number of likely N-dealkylation sites (tertiary alicyclic amines) is 1. The van der Waals surface area contributed by atoms with Crippen molar-refractivity contribution >= 4 is 5.97 Å². The highest BCUT2D eigenvalue weighted by molar-refractivity contribution is 5.75. The minimum absolute atomic E-state index is 0.102. The van der Waals surface area contributed by atoms with E-state index in [4.69, 9.17) is 4.74 Å². The topological polar surface area (TPSA) is 41.6 Å². The Kier molecular flexibility index (Phi) is 5.64. The van der Waals surface area contributed by atoms with Gasteiger partial charge in [-0.25, -0.2) is 0 Å². The Hall–Kier alpha value is -0.610. The van der Waals surface area contributed by atoms with Gasteiger partial charge in [0.05, 0.1) is 7.11 Å². The van der Waals surface area contributed by atoms with Crippen LogP contribution in [0.15, 0.2) is 0 Å². The Morgan fingerprint density at radius 2 is 2.11 bits per heavy atom. The lowest BCUT2D eigenvalue weighted by molar-refractivity contribution is -0.143. The second-order valence-electron chi connectivity index (χ2n) is 6.18. The quantitative estimate of drug-likeness (QED) is 0.746. The Morgan fingerprint density at radius 1 is 1.32 bits per heavy atom. The molecule has 4 heteroatoms. The van der Waals surface area contributed by atoms with Crippen molar-refractivity contribution in [2.75, 3.05) is 26.7 Å². The number of nitrogens with one attached hydrogen (secondary N) is 1. The molecule has 0 amide bonds. The molecule has 19 heavy (non-hydrogen) atoms. The van der Waals surface area contributed by atoms with Crippen molar-refractivity contribution < 1.29 is 9.53 Å². The van der Waals surface area contributed by atoms with Gasteiger partial charge in [-0.05, 0) is 57.5 Å². The van der Waals surface area contributed by atoms with Crippen molar-refractivity contribution in [1.29, 1.82) is 0 Å².